The van der Waals surface area contributed by atoms with Crippen LogP contribution in [0.3, 0.4) is 0 Å². The first-order valence-corrected chi connectivity index (χ1v) is 8.44. The first-order valence-electron chi connectivity index (χ1n) is 8.44. The van der Waals surface area contributed by atoms with Gasteiger partial charge in [0.1, 0.15) is 18.6 Å². The van der Waals surface area contributed by atoms with Crippen LogP contribution in [0.25, 0.3) is 0 Å². The van der Waals surface area contributed by atoms with Gasteiger partial charge in [0.15, 0.2) is 11.9 Å². The molecule has 1 aromatic carbocycles. The van der Waals surface area contributed by atoms with Crippen molar-refractivity contribution in [1.82, 2.24) is 4.90 Å². The first-order chi connectivity index (χ1) is 12.2. The van der Waals surface area contributed by atoms with Gasteiger partial charge in [0.05, 0.1) is 0 Å². The van der Waals surface area contributed by atoms with Gasteiger partial charge in [-0.15, -0.1) is 0 Å². The van der Waals surface area contributed by atoms with E-state index in [1.54, 1.807) is 24.4 Å². The SMILES string of the molecule is CO/N=C(\CN1CCC(c2cccc[n+]2[O-])CC1)c1ccc(F)cc1. The van der Waals surface area contributed by atoms with E-state index < -0.39 is 0 Å². The van der Waals surface area contributed by atoms with Crippen molar-refractivity contribution in [3.63, 3.8) is 0 Å². The maximum absolute atomic E-state index is 13.1. The summed E-state index contributed by atoms with van der Waals surface area (Å²) in [6.45, 7) is 2.39. The summed E-state index contributed by atoms with van der Waals surface area (Å²) in [6.07, 6.45) is 3.41. The molecule has 0 spiro atoms. The molecule has 25 heavy (non-hydrogen) atoms. The average molecular weight is 343 g/mol. The molecule has 1 aliphatic rings. The molecule has 0 bridgehead atoms. The highest BCUT2D eigenvalue weighted by Gasteiger charge is 2.26. The number of benzene rings is 1. The zero-order chi connectivity index (χ0) is 17.6. The fraction of sp³-hybridized carbons (Fsp3) is 0.368. The lowest BCUT2D eigenvalue weighted by atomic mass is 9.92. The number of nitrogens with zero attached hydrogens (tertiary/aromatic N) is 3. The Bertz CT molecular complexity index is 726. The second-order valence-corrected chi connectivity index (χ2v) is 6.23. The molecule has 0 aliphatic carbocycles. The molecular formula is C19H22FN3O2. The smallest absolute Gasteiger partial charge is 0.195 e. The predicted molar refractivity (Wildman–Crippen MR) is 93.8 cm³/mol. The van der Waals surface area contributed by atoms with E-state index in [-0.39, 0.29) is 11.7 Å². The molecular weight excluding hydrogens is 321 g/mol. The highest BCUT2D eigenvalue weighted by molar-refractivity contribution is 6.01. The number of piperidine rings is 1. The Hall–Kier alpha value is -2.47. The van der Waals surface area contributed by atoms with E-state index in [1.165, 1.54) is 19.2 Å². The Kier molecular flexibility index (Phi) is 5.60. The van der Waals surface area contributed by atoms with Gasteiger partial charge in [-0.2, -0.15) is 4.73 Å². The summed E-state index contributed by atoms with van der Waals surface area (Å²) in [7, 11) is 1.51. The van der Waals surface area contributed by atoms with E-state index in [0.29, 0.717) is 6.54 Å². The molecule has 1 fully saturated rings. The van der Waals surface area contributed by atoms with Crippen molar-refractivity contribution < 1.29 is 14.0 Å². The van der Waals surface area contributed by atoms with Gasteiger partial charge in [-0.25, -0.2) is 4.39 Å². The average Bonchev–Trinajstić information content (AvgIpc) is 2.63. The molecule has 1 saturated heterocycles. The molecule has 0 amide bonds. The molecule has 0 unspecified atom stereocenters. The molecule has 132 valence electrons. The number of pyridine rings is 1. The molecule has 0 N–H and O–H groups in total. The summed E-state index contributed by atoms with van der Waals surface area (Å²) in [5.41, 5.74) is 2.47. The molecule has 5 nitrogen and oxygen atoms in total. The maximum atomic E-state index is 13.1. The highest BCUT2D eigenvalue weighted by Crippen LogP contribution is 2.25. The van der Waals surface area contributed by atoms with Crippen molar-refractivity contribution in [3.8, 4) is 0 Å². The van der Waals surface area contributed by atoms with Crippen LogP contribution in [0.2, 0.25) is 0 Å². The Morgan fingerprint density at radius 1 is 1.24 bits per heavy atom. The Morgan fingerprint density at radius 3 is 2.60 bits per heavy atom. The zero-order valence-corrected chi connectivity index (χ0v) is 14.3. The molecule has 0 saturated carbocycles. The molecule has 1 aliphatic heterocycles. The quantitative estimate of drug-likeness (QED) is 0.363. The van der Waals surface area contributed by atoms with Crippen molar-refractivity contribution in [3.05, 3.63) is 70.9 Å². The first kappa shape index (κ1) is 17.4. The van der Waals surface area contributed by atoms with Crippen LogP contribution >= 0.6 is 0 Å². The molecule has 2 aromatic rings. The van der Waals surface area contributed by atoms with E-state index in [0.717, 1.165) is 47.6 Å². The lowest BCUT2D eigenvalue weighted by Gasteiger charge is -2.31. The van der Waals surface area contributed by atoms with Crippen LogP contribution in [-0.2, 0) is 4.84 Å². The van der Waals surface area contributed by atoms with Gasteiger partial charge in [-0.05, 0) is 38.1 Å². The van der Waals surface area contributed by atoms with Gasteiger partial charge in [-0.1, -0.05) is 23.4 Å². The summed E-state index contributed by atoms with van der Waals surface area (Å²) < 4.78 is 14.1. The Balaban J connectivity index is 1.63. The standard InChI is InChI=1S/C19H22FN3O2/c1-25-21-18(15-5-7-17(20)8-6-15)14-22-12-9-16(10-13-22)19-4-2-3-11-23(19)24/h2-8,11,16H,9-10,12-14H2,1H3/b21-18+. The fourth-order valence-electron chi connectivity index (χ4n) is 3.28. The number of hydrogen-bond acceptors (Lipinski definition) is 4. The Morgan fingerprint density at radius 2 is 1.96 bits per heavy atom. The summed E-state index contributed by atoms with van der Waals surface area (Å²) in [4.78, 5) is 7.25. The van der Waals surface area contributed by atoms with Crippen LogP contribution in [0, 0.1) is 11.0 Å². The number of oxime groups is 1. The number of aromatic nitrogens is 1. The second-order valence-electron chi connectivity index (χ2n) is 6.23. The third-order valence-electron chi connectivity index (χ3n) is 4.61. The van der Waals surface area contributed by atoms with Crippen molar-refractivity contribution in [2.45, 2.75) is 18.8 Å². The third kappa shape index (κ3) is 4.33. The minimum absolute atomic E-state index is 0.268. The van der Waals surface area contributed by atoms with Crippen LogP contribution in [0.15, 0.2) is 53.8 Å². The third-order valence-corrected chi connectivity index (χ3v) is 4.61. The van der Waals surface area contributed by atoms with Crippen molar-refractivity contribution in [2.75, 3.05) is 26.7 Å². The van der Waals surface area contributed by atoms with Gasteiger partial charge >= 0.3 is 0 Å². The molecule has 1 aromatic heterocycles. The van der Waals surface area contributed by atoms with Gasteiger partial charge in [0.2, 0.25) is 0 Å². The van der Waals surface area contributed by atoms with Crippen LogP contribution in [0.4, 0.5) is 4.39 Å². The summed E-state index contributed by atoms with van der Waals surface area (Å²) >= 11 is 0. The van der Waals surface area contributed by atoms with Crippen molar-refractivity contribution >= 4 is 5.71 Å². The lowest BCUT2D eigenvalue weighted by Crippen LogP contribution is -2.40. The van der Waals surface area contributed by atoms with Crippen LogP contribution in [0.1, 0.15) is 30.0 Å². The molecule has 0 atom stereocenters. The minimum Gasteiger partial charge on any atom is -0.618 e. The zero-order valence-electron chi connectivity index (χ0n) is 14.3. The topological polar surface area (TPSA) is 51.8 Å². The van der Waals surface area contributed by atoms with Crippen molar-refractivity contribution in [2.24, 2.45) is 5.16 Å². The largest absolute Gasteiger partial charge is 0.618 e. The summed E-state index contributed by atoms with van der Waals surface area (Å²) in [5.74, 6) is 0.0127. The second kappa shape index (κ2) is 8.07. The van der Waals surface area contributed by atoms with Crippen LogP contribution < -0.4 is 4.73 Å². The molecule has 3 rings (SSSR count). The van der Waals surface area contributed by atoms with E-state index in [4.69, 9.17) is 4.84 Å². The fourth-order valence-corrected chi connectivity index (χ4v) is 3.28. The van der Waals surface area contributed by atoms with E-state index in [2.05, 4.69) is 10.1 Å². The number of likely N-dealkylation sites (tertiary alicyclic amines) is 1. The van der Waals surface area contributed by atoms with E-state index >= 15 is 0 Å². The molecule has 6 heteroatoms. The predicted octanol–water partition coefficient (Wildman–Crippen LogP) is 2.69. The summed E-state index contributed by atoms with van der Waals surface area (Å²) in [6, 6.07) is 11.8. The van der Waals surface area contributed by atoms with E-state index in [1.807, 2.05) is 12.1 Å². The molecule has 2 heterocycles. The monoisotopic (exact) mass is 343 g/mol. The van der Waals surface area contributed by atoms with Crippen LogP contribution in [-0.4, -0.2) is 37.4 Å². The Labute approximate surface area is 146 Å². The van der Waals surface area contributed by atoms with Crippen LogP contribution in [0.5, 0.6) is 0 Å². The van der Waals surface area contributed by atoms with E-state index in [9.17, 15) is 9.60 Å². The summed E-state index contributed by atoms with van der Waals surface area (Å²) in [5, 5.41) is 16.0. The maximum Gasteiger partial charge on any atom is 0.195 e. The van der Waals surface area contributed by atoms with Gasteiger partial charge in [0, 0.05) is 30.2 Å². The number of halogens is 1. The van der Waals surface area contributed by atoms with Gasteiger partial charge in [-0.3, -0.25) is 4.90 Å². The molecule has 0 radical (unpaired) electrons. The highest BCUT2D eigenvalue weighted by atomic mass is 19.1. The minimum atomic E-state index is -0.268. The normalized spacial score (nSPS) is 16.8. The van der Waals surface area contributed by atoms with Crippen molar-refractivity contribution in [1.29, 1.82) is 0 Å². The van der Waals surface area contributed by atoms with Gasteiger partial charge < -0.3 is 10.0 Å². The number of hydrogen-bond donors (Lipinski definition) is 0. The van der Waals surface area contributed by atoms with Gasteiger partial charge in [0.25, 0.3) is 0 Å². The number of rotatable bonds is 5. The lowest BCUT2D eigenvalue weighted by molar-refractivity contribution is -0.616.